The number of hydrogen-bond acceptors (Lipinski definition) is 3. The van der Waals surface area contributed by atoms with Crippen molar-refractivity contribution < 1.29 is 5.11 Å². The number of rotatable bonds is 3. The van der Waals surface area contributed by atoms with E-state index in [9.17, 15) is 5.11 Å². The van der Waals surface area contributed by atoms with Crippen molar-refractivity contribution in [2.45, 2.75) is 13.8 Å². The third-order valence-electron chi connectivity index (χ3n) is 3.81. The summed E-state index contributed by atoms with van der Waals surface area (Å²) in [4.78, 5) is 0. The number of phenols is 1. The van der Waals surface area contributed by atoms with Crippen molar-refractivity contribution in [1.29, 1.82) is 0 Å². The van der Waals surface area contributed by atoms with E-state index in [0.29, 0.717) is 16.3 Å². The molecule has 4 heteroatoms. The summed E-state index contributed by atoms with van der Waals surface area (Å²) >= 11 is 6.11. The first-order valence-electron chi connectivity index (χ1n) is 7.34. The Bertz CT molecular complexity index is 903. The molecule has 0 aromatic heterocycles. The minimum Gasteiger partial charge on any atom is -0.507 e. The maximum Gasteiger partial charge on any atom is 0.132 e. The molecule has 0 fully saturated rings. The first-order valence-corrected chi connectivity index (χ1v) is 7.71. The van der Waals surface area contributed by atoms with E-state index in [2.05, 4.69) is 10.5 Å². The maximum atomic E-state index is 10.5. The number of halogens is 1. The third-order valence-corrected chi connectivity index (χ3v) is 4.22. The summed E-state index contributed by atoms with van der Waals surface area (Å²) in [5, 5.41) is 17.3. The summed E-state index contributed by atoms with van der Waals surface area (Å²) in [7, 11) is 0. The monoisotopic (exact) mass is 324 g/mol. The van der Waals surface area contributed by atoms with Gasteiger partial charge in [-0.15, -0.1) is 0 Å². The molecule has 0 amide bonds. The van der Waals surface area contributed by atoms with Gasteiger partial charge in [0.25, 0.3) is 0 Å². The third kappa shape index (κ3) is 3.15. The molecule has 2 N–H and O–H groups in total. The lowest BCUT2D eigenvalue weighted by molar-refractivity contribution is 0.480. The summed E-state index contributed by atoms with van der Waals surface area (Å²) in [5.74, 6) is 0.244. The minimum atomic E-state index is 0.244. The van der Waals surface area contributed by atoms with E-state index in [-0.39, 0.29) is 5.75 Å². The van der Waals surface area contributed by atoms with Gasteiger partial charge in [-0.25, -0.2) is 0 Å². The van der Waals surface area contributed by atoms with Crippen LogP contribution in [0.3, 0.4) is 0 Å². The lowest BCUT2D eigenvalue weighted by atomic mass is 10.0. The van der Waals surface area contributed by atoms with Crippen molar-refractivity contribution in [2.75, 3.05) is 5.43 Å². The molecule has 0 aliphatic rings. The number of aryl methyl sites for hydroxylation is 1. The molecule has 116 valence electrons. The van der Waals surface area contributed by atoms with Crippen molar-refractivity contribution >= 4 is 33.8 Å². The van der Waals surface area contributed by atoms with Crippen LogP contribution < -0.4 is 5.43 Å². The van der Waals surface area contributed by atoms with Gasteiger partial charge in [-0.1, -0.05) is 48.0 Å². The van der Waals surface area contributed by atoms with Gasteiger partial charge in [-0.05, 0) is 43.0 Å². The van der Waals surface area contributed by atoms with E-state index in [0.717, 1.165) is 22.0 Å². The van der Waals surface area contributed by atoms with E-state index >= 15 is 0 Å². The Morgan fingerprint density at radius 2 is 1.87 bits per heavy atom. The summed E-state index contributed by atoms with van der Waals surface area (Å²) in [5.41, 5.74) is 6.21. The lowest BCUT2D eigenvalue weighted by Crippen LogP contribution is -2.00. The molecule has 0 unspecified atom stereocenters. The second-order valence-corrected chi connectivity index (χ2v) is 5.86. The van der Waals surface area contributed by atoms with E-state index in [1.807, 2.05) is 68.4 Å². The quantitative estimate of drug-likeness (QED) is 0.504. The highest BCUT2D eigenvalue weighted by molar-refractivity contribution is 6.31. The van der Waals surface area contributed by atoms with E-state index in [1.54, 1.807) is 0 Å². The average Bonchev–Trinajstić information content (AvgIpc) is 2.56. The van der Waals surface area contributed by atoms with Gasteiger partial charge in [0.05, 0.1) is 11.4 Å². The van der Waals surface area contributed by atoms with Crippen LogP contribution in [-0.4, -0.2) is 10.8 Å². The van der Waals surface area contributed by atoms with Crippen LogP contribution >= 0.6 is 11.6 Å². The zero-order valence-corrected chi connectivity index (χ0v) is 13.7. The van der Waals surface area contributed by atoms with Gasteiger partial charge in [0, 0.05) is 16.0 Å². The first-order chi connectivity index (χ1) is 11.1. The van der Waals surface area contributed by atoms with Gasteiger partial charge in [0.1, 0.15) is 5.75 Å². The Hall–Kier alpha value is -2.52. The van der Waals surface area contributed by atoms with Crippen LogP contribution in [0, 0.1) is 6.92 Å². The number of nitrogens with zero attached hydrogens (tertiary/aromatic N) is 1. The van der Waals surface area contributed by atoms with Gasteiger partial charge >= 0.3 is 0 Å². The van der Waals surface area contributed by atoms with Gasteiger partial charge in [-0.2, -0.15) is 5.10 Å². The summed E-state index contributed by atoms with van der Waals surface area (Å²) < 4.78 is 0. The number of phenolic OH excluding ortho intramolecular Hbond substituents is 1. The largest absolute Gasteiger partial charge is 0.507 e. The van der Waals surface area contributed by atoms with Crippen LogP contribution in [0.4, 0.5) is 5.69 Å². The van der Waals surface area contributed by atoms with Gasteiger partial charge < -0.3 is 5.11 Å². The van der Waals surface area contributed by atoms with E-state index in [1.165, 1.54) is 0 Å². The summed E-state index contributed by atoms with van der Waals surface area (Å²) in [6.07, 6.45) is 0. The van der Waals surface area contributed by atoms with Crippen LogP contribution in [0.5, 0.6) is 5.75 Å². The predicted octanol–water partition coefficient (Wildman–Crippen LogP) is 5.34. The minimum absolute atomic E-state index is 0.244. The zero-order chi connectivity index (χ0) is 16.4. The number of anilines is 1. The predicted molar refractivity (Wildman–Crippen MR) is 97.6 cm³/mol. The molecular formula is C19H17ClN2O. The van der Waals surface area contributed by atoms with Crippen LogP contribution in [0.25, 0.3) is 10.8 Å². The number of aromatic hydroxyl groups is 1. The molecule has 3 nitrogen and oxygen atoms in total. The molecule has 23 heavy (non-hydrogen) atoms. The topological polar surface area (TPSA) is 44.6 Å². The highest BCUT2D eigenvalue weighted by Crippen LogP contribution is 2.29. The number of hydrazone groups is 1. The molecular weight excluding hydrogens is 308 g/mol. The molecule has 0 bridgehead atoms. The maximum absolute atomic E-state index is 10.5. The fourth-order valence-electron chi connectivity index (χ4n) is 2.42. The van der Waals surface area contributed by atoms with Crippen LogP contribution in [0.1, 0.15) is 18.1 Å². The standard InChI is InChI=1S/C19H17ClN2O/c1-12-7-9-15(11-18(12)20)22-21-13(2)16-10-8-14-5-3-4-6-17(14)19(16)23/h3-11,22-23H,1-2H3/b21-13+. The van der Waals surface area contributed by atoms with Gasteiger partial charge in [-0.3, -0.25) is 5.43 Å². The highest BCUT2D eigenvalue weighted by Gasteiger charge is 2.08. The average molecular weight is 325 g/mol. The molecule has 3 aromatic carbocycles. The van der Waals surface area contributed by atoms with Crippen molar-refractivity contribution in [1.82, 2.24) is 0 Å². The van der Waals surface area contributed by atoms with Crippen molar-refractivity contribution in [3.05, 3.63) is 70.7 Å². The smallest absolute Gasteiger partial charge is 0.132 e. The Balaban J connectivity index is 1.91. The van der Waals surface area contributed by atoms with Crippen LogP contribution in [0.2, 0.25) is 5.02 Å². The second-order valence-electron chi connectivity index (χ2n) is 5.46. The first kappa shape index (κ1) is 15.4. The van der Waals surface area contributed by atoms with Crippen molar-refractivity contribution in [2.24, 2.45) is 5.10 Å². The Kier molecular flexibility index (Phi) is 4.22. The normalized spacial score (nSPS) is 11.7. The molecule has 0 saturated heterocycles. The molecule has 3 aromatic rings. The molecule has 3 rings (SSSR count). The summed E-state index contributed by atoms with van der Waals surface area (Å²) in [6, 6.07) is 17.3. The highest BCUT2D eigenvalue weighted by atomic mass is 35.5. The van der Waals surface area contributed by atoms with Gasteiger partial charge in [0.2, 0.25) is 0 Å². The number of hydrogen-bond donors (Lipinski definition) is 2. The van der Waals surface area contributed by atoms with E-state index < -0.39 is 0 Å². The summed E-state index contributed by atoms with van der Waals surface area (Å²) in [6.45, 7) is 3.81. The number of fused-ring (bicyclic) bond motifs is 1. The zero-order valence-electron chi connectivity index (χ0n) is 13.0. The lowest BCUT2D eigenvalue weighted by Gasteiger charge is -2.09. The Morgan fingerprint density at radius 1 is 1.09 bits per heavy atom. The Labute approximate surface area is 140 Å². The fraction of sp³-hybridized carbons (Fsp3) is 0.105. The molecule has 0 spiro atoms. The van der Waals surface area contributed by atoms with E-state index in [4.69, 9.17) is 11.6 Å². The molecule has 0 radical (unpaired) electrons. The second kappa shape index (κ2) is 6.31. The molecule has 0 aliphatic carbocycles. The van der Waals surface area contributed by atoms with Crippen LogP contribution in [-0.2, 0) is 0 Å². The number of nitrogens with one attached hydrogen (secondary N) is 1. The van der Waals surface area contributed by atoms with Crippen molar-refractivity contribution in [3.63, 3.8) is 0 Å². The fourth-order valence-corrected chi connectivity index (χ4v) is 2.60. The van der Waals surface area contributed by atoms with Gasteiger partial charge in [0.15, 0.2) is 0 Å². The Morgan fingerprint density at radius 3 is 2.65 bits per heavy atom. The number of benzene rings is 3. The molecule has 0 heterocycles. The molecule has 0 aliphatic heterocycles. The molecule has 0 atom stereocenters. The molecule has 0 saturated carbocycles. The SMILES string of the molecule is C/C(=N\Nc1ccc(C)c(Cl)c1)c1ccc2ccccc2c1O. The van der Waals surface area contributed by atoms with Crippen LogP contribution in [0.15, 0.2) is 59.7 Å². The van der Waals surface area contributed by atoms with Crippen molar-refractivity contribution in [3.8, 4) is 5.75 Å².